The van der Waals surface area contributed by atoms with Crippen molar-refractivity contribution in [2.45, 2.75) is 64.3 Å². The normalized spacial score (nSPS) is 14.7. The van der Waals surface area contributed by atoms with Gasteiger partial charge in [0.15, 0.2) is 0 Å². The second kappa shape index (κ2) is 8.56. The standard InChI is InChI=1S/C18H26F3NO3/c1-5-6-14(12-7-9-13(10-8-12)18(19,20)21)15(11-23)22-16(24)25-17(2,3)4/h7-10,14-15,23H,5-6,11H2,1-4H3,(H,22,24)/t14-,15+/m0/s1. The molecule has 0 aromatic heterocycles. The van der Waals surface area contributed by atoms with Gasteiger partial charge in [0.25, 0.3) is 0 Å². The fourth-order valence-electron chi connectivity index (χ4n) is 2.56. The van der Waals surface area contributed by atoms with Crippen molar-refractivity contribution in [1.82, 2.24) is 5.32 Å². The van der Waals surface area contributed by atoms with E-state index in [4.69, 9.17) is 4.74 Å². The summed E-state index contributed by atoms with van der Waals surface area (Å²) in [5.74, 6) is -0.315. The van der Waals surface area contributed by atoms with Crippen LogP contribution in [0.5, 0.6) is 0 Å². The Balaban J connectivity index is 2.97. The SMILES string of the molecule is CCC[C@@H](c1ccc(C(F)(F)F)cc1)[C@@H](CO)NC(=O)OC(C)(C)C. The molecule has 142 valence electrons. The van der Waals surface area contributed by atoms with Crippen molar-refractivity contribution in [1.29, 1.82) is 0 Å². The Morgan fingerprint density at radius 2 is 1.76 bits per heavy atom. The Morgan fingerprint density at radius 3 is 2.16 bits per heavy atom. The van der Waals surface area contributed by atoms with E-state index < -0.39 is 29.5 Å². The third-order valence-corrected chi connectivity index (χ3v) is 3.65. The second-order valence-corrected chi connectivity index (χ2v) is 6.95. The van der Waals surface area contributed by atoms with E-state index >= 15 is 0 Å². The molecule has 0 aliphatic carbocycles. The number of benzene rings is 1. The van der Waals surface area contributed by atoms with Gasteiger partial charge in [0.1, 0.15) is 5.60 Å². The van der Waals surface area contributed by atoms with Crippen molar-refractivity contribution in [3.8, 4) is 0 Å². The van der Waals surface area contributed by atoms with E-state index in [1.165, 1.54) is 12.1 Å². The highest BCUT2D eigenvalue weighted by Gasteiger charge is 2.31. The fraction of sp³-hybridized carbons (Fsp3) is 0.611. The average molecular weight is 361 g/mol. The van der Waals surface area contributed by atoms with Crippen LogP contribution in [-0.2, 0) is 10.9 Å². The zero-order chi connectivity index (χ0) is 19.3. The van der Waals surface area contributed by atoms with E-state index in [2.05, 4.69) is 5.32 Å². The van der Waals surface area contributed by atoms with Gasteiger partial charge < -0.3 is 15.2 Å². The van der Waals surface area contributed by atoms with E-state index in [9.17, 15) is 23.1 Å². The van der Waals surface area contributed by atoms with E-state index in [0.717, 1.165) is 18.6 Å². The summed E-state index contributed by atoms with van der Waals surface area (Å²) in [6, 6.07) is 4.16. The minimum atomic E-state index is -4.40. The molecule has 0 bridgehead atoms. The molecule has 0 heterocycles. The molecular weight excluding hydrogens is 335 g/mol. The van der Waals surface area contributed by atoms with Crippen LogP contribution in [0.25, 0.3) is 0 Å². The van der Waals surface area contributed by atoms with Crippen molar-refractivity contribution < 1.29 is 27.8 Å². The second-order valence-electron chi connectivity index (χ2n) is 6.95. The summed E-state index contributed by atoms with van der Waals surface area (Å²) >= 11 is 0. The molecule has 0 radical (unpaired) electrons. The van der Waals surface area contributed by atoms with Crippen LogP contribution >= 0.6 is 0 Å². The number of ether oxygens (including phenoxy) is 1. The highest BCUT2D eigenvalue weighted by atomic mass is 19.4. The zero-order valence-corrected chi connectivity index (χ0v) is 15.0. The molecular formula is C18H26F3NO3. The number of rotatable bonds is 6. The van der Waals surface area contributed by atoms with E-state index in [1.807, 2.05) is 6.92 Å². The van der Waals surface area contributed by atoms with Gasteiger partial charge in [0.05, 0.1) is 18.2 Å². The molecule has 1 aromatic rings. The molecule has 4 nitrogen and oxygen atoms in total. The molecule has 1 rings (SSSR count). The summed E-state index contributed by atoms with van der Waals surface area (Å²) in [5, 5.41) is 12.3. The van der Waals surface area contributed by atoms with Gasteiger partial charge in [0.2, 0.25) is 0 Å². The van der Waals surface area contributed by atoms with Crippen LogP contribution in [0.1, 0.15) is 57.6 Å². The van der Waals surface area contributed by atoms with Crippen molar-refractivity contribution in [2.24, 2.45) is 0 Å². The van der Waals surface area contributed by atoms with Gasteiger partial charge in [-0.15, -0.1) is 0 Å². The lowest BCUT2D eigenvalue weighted by Gasteiger charge is -2.28. The van der Waals surface area contributed by atoms with E-state index in [-0.39, 0.29) is 12.5 Å². The van der Waals surface area contributed by atoms with Crippen molar-refractivity contribution in [3.05, 3.63) is 35.4 Å². The van der Waals surface area contributed by atoms with Crippen molar-refractivity contribution in [2.75, 3.05) is 6.61 Å². The molecule has 2 atom stereocenters. The van der Waals surface area contributed by atoms with Crippen LogP contribution in [0.4, 0.5) is 18.0 Å². The zero-order valence-electron chi connectivity index (χ0n) is 15.0. The average Bonchev–Trinajstić information content (AvgIpc) is 2.48. The molecule has 0 saturated carbocycles. The summed E-state index contributed by atoms with van der Waals surface area (Å²) in [5.41, 5.74) is -0.782. The fourth-order valence-corrected chi connectivity index (χ4v) is 2.56. The maximum absolute atomic E-state index is 12.7. The number of carbonyl (C=O) groups is 1. The lowest BCUT2D eigenvalue weighted by Crippen LogP contribution is -2.44. The van der Waals surface area contributed by atoms with Gasteiger partial charge in [-0.3, -0.25) is 0 Å². The molecule has 2 N–H and O–H groups in total. The third kappa shape index (κ3) is 6.94. The number of aliphatic hydroxyl groups is 1. The summed E-state index contributed by atoms with van der Waals surface area (Å²) in [6.45, 7) is 6.75. The predicted octanol–water partition coefficient (Wildman–Crippen LogP) is 4.47. The largest absolute Gasteiger partial charge is 0.444 e. The number of hydrogen-bond acceptors (Lipinski definition) is 3. The van der Waals surface area contributed by atoms with Crippen LogP contribution in [0.2, 0.25) is 0 Å². The molecule has 1 amide bonds. The summed E-state index contributed by atoms with van der Waals surface area (Å²) in [6.07, 6.45) is -3.71. The Morgan fingerprint density at radius 1 is 1.20 bits per heavy atom. The number of nitrogens with one attached hydrogen (secondary N) is 1. The predicted molar refractivity (Wildman–Crippen MR) is 89.3 cm³/mol. The van der Waals surface area contributed by atoms with Crippen molar-refractivity contribution >= 4 is 6.09 Å². The highest BCUT2D eigenvalue weighted by molar-refractivity contribution is 5.68. The first kappa shape index (κ1) is 21.3. The van der Waals surface area contributed by atoms with E-state index in [1.54, 1.807) is 20.8 Å². The van der Waals surface area contributed by atoms with Gasteiger partial charge in [-0.25, -0.2) is 4.79 Å². The minimum Gasteiger partial charge on any atom is -0.444 e. The monoisotopic (exact) mass is 361 g/mol. The Bertz CT molecular complexity index is 550. The molecule has 0 saturated heterocycles. The van der Waals surface area contributed by atoms with Gasteiger partial charge in [-0.2, -0.15) is 13.2 Å². The molecule has 7 heteroatoms. The van der Waals surface area contributed by atoms with Gasteiger partial charge in [-0.05, 0) is 44.9 Å². The lowest BCUT2D eigenvalue weighted by molar-refractivity contribution is -0.137. The summed E-state index contributed by atoms with van der Waals surface area (Å²) < 4.78 is 43.3. The quantitative estimate of drug-likeness (QED) is 0.786. The highest BCUT2D eigenvalue weighted by Crippen LogP contribution is 2.32. The number of halogens is 3. The molecule has 0 spiro atoms. The van der Waals surface area contributed by atoms with E-state index in [0.29, 0.717) is 12.0 Å². The number of hydrogen-bond donors (Lipinski definition) is 2. The van der Waals surface area contributed by atoms with Gasteiger partial charge in [-0.1, -0.05) is 25.5 Å². The topological polar surface area (TPSA) is 58.6 Å². The molecule has 0 fully saturated rings. The van der Waals surface area contributed by atoms with Gasteiger partial charge in [0, 0.05) is 5.92 Å². The maximum atomic E-state index is 12.7. The molecule has 0 aliphatic heterocycles. The number of alkyl halides is 3. The first-order chi connectivity index (χ1) is 11.5. The number of amides is 1. The summed E-state index contributed by atoms with van der Waals surface area (Å²) in [7, 11) is 0. The first-order valence-corrected chi connectivity index (χ1v) is 8.25. The molecule has 0 aliphatic rings. The Hall–Kier alpha value is -1.76. The summed E-state index contributed by atoms with van der Waals surface area (Å²) in [4.78, 5) is 12.0. The maximum Gasteiger partial charge on any atom is 0.416 e. The van der Waals surface area contributed by atoms with Crippen LogP contribution in [0, 0.1) is 0 Å². The third-order valence-electron chi connectivity index (χ3n) is 3.65. The number of alkyl carbamates (subject to hydrolysis) is 1. The Kier molecular flexibility index (Phi) is 7.29. The molecule has 1 aromatic carbocycles. The molecule has 0 unspecified atom stereocenters. The van der Waals surface area contributed by atoms with Crippen molar-refractivity contribution in [3.63, 3.8) is 0 Å². The van der Waals surface area contributed by atoms with Crippen LogP contribution < -0.4 is 5.32 Å². The number of carbonyl (C=O) groups excluding carboxylic acids is 1. The Labute approximate surface area is 146 Å². The minimum absolute atomic E-state index is 0.315. The smallest absolute Gasteiger partial charge is 0.416 e. The first-order valence-electron chi connectivity index (χ1n) is 8.25. The molecule has 25 heavy (non-hydrogen) atoms. The number of aliphatic hydroxyl groups excluding tert-OH is 1. The van der Waals surface area contributed by atoms with Crippen LogP contribution in [-0.4, -0.2) is 29.4 Å². The lowest BCUT2D eigenvalue weighted by atomic mass is 9.87. The van der Waals surface area contributed by atoms with Crippen LogP contribution in [0.15, 0.2) is 24.3 Å². The van der Waals surface area contributed by atoms with Crippen LogP contribution in [0.3, 0.4) is 0 Å². The van der Waals surface area contributed by atoms with Gasteiger partial charge >= 0.3 is 12.3 Å².